The van der Waals surface area contributed by atoms with Gasteiger partial charge in [0.05, 0.1) is 23.3 Å². The second-order valence-corrected chi connectivity index (χ2v) is 12.5. The van der Waals surface area contributed by atoms with E-state index in [1.807, 2.05) is 59.2 Å². The molecule has 196 valence electrons. The van der Waals surface area contributed by atoms with Gasteiger partial charge in [0.1, 0.15) is 5.01 Å². The normalized spacial score (nSPS) is 15.4. The predicted molar refractivity (Wildman–Crippen MR) is 154 cm³/mol. The average Bonchev–Trinajstić information content (AvgIpc) is 3.52. The van der Waals surface area contributed by atoms with Crippen LogP contribution in [-0.4, -0.2) is 35.0 Å². The molecular weight excluding hydrogens is 516 g/mol. The lowest BCUT2D eigenvalue weighted by Crippen LogP contribution is -2.40. The van der Waals surface area contributed by atoms with E-state index in [1.165, 1.54) is 26.9 Å². The Morgan fingerprint density at radius 3 is 2.42 bits per heavy atom. The van der Waals surface area contributed by atoms with Crippen LogP contribution in [0.5, 0.6) is 0 Å². The SMILES string of the molecule is Cn1c(=O)n(Cc2nc3ccccc3s2)c(=O)c2c1nc(SC1(CN)CCCCC1)n2Cc1ccccc1. The number of hydrogen-bond acceptors (Lipinski definition) is 7. The highest BCUT2D eigenvalue weighted by Gasteiger charge is 2.34. The maximum atomic E-state index is 14.0. The van der Waals surface area contributed by atoms with Gasteiger partial charge in [0.15, 0.2) is 16.3 Å². The molecule has 0 bridgehead atoms. The van der Waals surface area contributed by atoms with Crippen LogP contribution in [-0.2, 0) is 20.1 Å². The van der Waals surface area contributed by atoms with Gasteiger partial charge in [0, 0.05) is 18.3 Å². The van der Waals surface area contributed by atoms with E-state index in [0.29, 0.717) is 24.3 Å². The maximum absolute atomic E-state index is 14.0. The van der Waals surface area contributed by atoms with Crippen molar-refractivity contribution >= 4 is 44.5 Å². The van der Waals surface area contributed by atoms with Crippen molar-refractivity contribution in [1.82, 2.24) is 23.7 Å². The largest absolute Gasteiger partial charge is 0.332 e. The van der Waals surface area contributed by atoms with Crippen molar-refractivity contribution in [2.45, 2.75) is 55.1 Å². The van der Waals surface area contributed by atoms with Gasteiger partial charge in [-0.15, -0.1) is 11.3 Å². The first-order valence-corrected chi connectivity index (χ1v) is 14.6. The number of aryl methyl sites for hydroxylation is 1. The summed E-state index contributed by atoms with van der Waals surface area (Å²) in [6, 6.07) is 17.9. The van der Waals surface area contributed by atoms with Crippen molar-refractivity contribution in [3.8, 4) is 0 Å². The van der Waals surface area contributed by atoms with Gasteiger partial charge in [-0.3, -0.25) is 13.9 Å². The third kappa shape index (κ3) is 4.50. The van der Waals surface area contributed by atoms with E-state index in [9.17, 15) is 9.59 Å². The number of hydrogen-bond donors (Lipinski definition) is 1. The Kier molecular flexibility index (Phi) is 6.71. The van der Waals surface area contributed by atoms with Crippen LogP contribution in [0.2, 0.25) is 0 Å². The van der Waals surface area contributed by atoms with Gasteiger partial charge in [0.2, 0.25) is 0 Å². The average molecular weight is 547 g/mol. The number of nitrogens with zero attached hydrogens (tertiary/aromatic N) is 5. The molecule has 0 spiro atoms. The van der Waals surface area contributed by atoms with Crippen molar-refractivity contribution < 1.29 is 0 Å². The fraction of sp³-hybridized carbons (Fsp3) is 0.357. The number of aromatic nitrogens is 5. The Morgan fingerprint density at radius 1 is 0.947 bits per heavy atom. The number of thiazole rings is 1. The summed E-state index contributed by atoms with van der Waals surface area (Å²) in [5, 5.41) is 1.46. The molecule has 2 N–H and O–H groups in total. The smallest absolute Gasteiger partial charge is 0.329 e. The number of fused-ring (bicyclic) bond motifs is 2. The number of rotatable bonds is 7. The number of para-hydroxylation sites is 1. The molecule has 0 radical (unpaired) electrons. The minimum atomic E-state index is -0.395. The van der Waals surface area contributed by atoms with Gasteiger partial charge in [-0.1, -0.05) is 73.5 Å². The Bertz CT molecular complexity index is 1690. The van der Waals surface area contributed by atoms with Crippen LogP contribution < -0.4 is 17.0 Å². The Balaban J connectivity index is 1.51. The highest BCUT2D eigenvalue weighted by molar-refractivity contribution is 8.00. The Labute approximate surface area is 228 Å². The summed E-state index contributed by atoms with van der Waals surface area (Å²) in [6.07, 6.45) is 5.52. The molecule has 3 aromatic heterocycles. The van der Waals surface area contributed by atoms with Crippen molar-refractivity contribution in [3.05, 3.63) is 86.0 Å². The monoisotopic (exact) mass is 546 g/mol. The van der Waals surface area contributed by atoms with Crippen molar-refractivity contribution in [1.29, 1.82) is 0 Å². The van der Waals surface area contributed by atoms with Gasteiger partial charge in [0.25, 0.3) is 5.56 Å². The zero-order valence-electron chi connectivity index (χ0n) is 21.3. The molecule has 0 aliphatic heterocycles. The molecule has 6 rings (SSSR count). The number of benzene rings is 2. The third-order valence-electron chi connectivity index (χ3n) is 7.46. The van der Waals surface area contributed by atoms with E-state index >= 15 is 0 Å². The topological polar surface area (TPSA) is 101 Å². The molecule has 8 nitrogen and oxygen atoms in total. The lowest BCUT2D eigenvalue weighted by molar-refractivity contribution is 0.402. The zero-order valence-corrected chi connectivity index (χ0v) is 22.9. The zero-order chi connectivity index (χ0) is 26.3. The van der Waals surface area contributed by atoms with E-state index in [1.54, 1.807) is 18.8 Å². The summed E-state index contributed by atoms with van der Waals surface area (Å²) in [4.78, 5) is 37.0. The van der Waals surface area contributed by atoms with E-state index in [0.717, 1.165) is 51.6 Å². The molecule has 0 atom stereocenters. The van der Waals surface area contributed by atoms with Gasteiger partial charge in [-0.2, -0.15) is 0 Å². The highest BCUT2D eigenvalue weighted by Crippen LogP contribution is 2.43. The van der Waals surface area contributed by atoms with Crippen molar-refractivity contribution in [2.75, 3.05) is 6.54 Å². The lowest BCUT2D eigenvalue weighted by atomic mass is 9.88. The molecule has 3 heterocycles. The van der Waals surface area contributed by atoms with Crippen LogP contribution in [0.15, 0.2) is 69.3 Å². The van der Waals surface area contributed by atoms with E-state index in [2.05, 4.69) is 4.98 Å². The number of imidazole rings is 1. The summed E-state index contributed by atoms with van der Waals surface area (Å²) in [7, 11) is 1.69. The third-order valence-corrected chi connectivity index (χ3v) is 9.98. The van der Waals surface area contributed by atoms with Gasteiger partial charge in [-0.05, 0) is 30.5 Å². The number of nitrogens with two attached hydrogens (primary N) is 1. The van der Waals surface area contributed by atoms with Crippen LogP contribution in [0.1, 0.15) is 42.7 Å². The first kappa shape index (κ1) is 25.1. The summed E-state index contributed by atoms with van der Waals surface area (Å²) in [5.41, 5.74) is 8.35. The summed E-state index contributed by atoms with van der Waals surface area (Å²) in [5.74, 6) is 0. The van der Waals surface area contributed by atoms with Crippen LogP contribution in [0.25, 0.3) is 21.4 Å². The van der Waals surface area contributed by atoms with E-state index < -0.39 is 5.69 Å². The van der Waals surface area contributed by atoms with Gasteiger partial charge in [-0.25, -0.2) is 14.8 Å². The van der Waals surface area contributed by atoms with Crippen LogP contribution >= 0.6 is 23.1 Å². The molecule has 1 aliphatic rings. The number of thioether (sulfide) groups is 1. The predicted octanol–water partition coefficient (Wildman–Crippen LogP) is 4.36. The first-order valence-electron chi connectivity index (χ1n) is 13.0. The molecule has 1 fully saturated rings. The Hall–Kier alpha value is -3.21. The minimum absolute atomic E-state index is 0.118. The maximum Gasteiger partial charge on any atom is 0.332 e. The molecule has 10 heteroatoms. The second-order valence-electron chi connectivity index (χ2n) is 10.00. The summed E-state index contributed by atoms with van der Waals surface area (Å²) >= 11 is 3.17. The minimum Gasteiger partial charge on any atom is -0.329 e. The van der Waals surface area contributed by atoms with Gasteiger partial charge >= 0.3 is 5.69 Å². The van der Waals surface area contributed by atoms with Gasteiger partial charge < -0.3 is 10.3 Å². The van der Waals surface area contributed by atoms with Crippen LogP contribution in [0, 0.1) is 0 Å². The summed E-state index contributed by atoms with van der Waals surface area (Å²) in [6.45, 7) is 1.15. The molecule has 0 unspecified atom stereocenters. The second kappa shape index (κ2) is 10.2. The molecule has 1 saturated carbocycles. The quantitative estimate of drug-likeness (QED) is 0.326. The molecule has 38 heavy (non-hydrogen) atoms. The molecule has 2 aromatic carbocycles. The molecule has 0 saturated heterocycles. The first-order chi connectivity index (χ1) is 18.5. The highest BCUT2D eigenvalue weighted by atomic mass is 32.2. The van der Waals surface area contributed by atoms with Crippen molar-refractivity contribution in [3.63, 3.8) is 0 Å². The molecule has 5 aromatic rings. The van der Waals surface area contributed by atoms with Crippen LogP contribution in [0.3, 0.4) is 0 Å². The molecular formula is C28H30N6O2S2. The van der Waals surface area contributed by atoms with Crippen molar-refractivity contribution in [2.24, 2.45) is 12.8 Å². The summed E-state index contributed by atoms with van der Waals surface area (Å²) < 4.78 is 5.67. The van der Waals surface area contributed by atoms with Crippen LogP contribution in [0.4, 0.5) is 0 Å². The van der Waals surface area contributed by atoms with E-state index in [-0.39, 0.29) is 16.9 Å². The molecule has 0 amide bonds. The molecule has 1 aliphatic carbocycles. The fourth-order valence-electron chi connectivity index (χ4n) is 5.34. The fourth-order valence-corrected chi connectivity index (χ4v) is 7.66. The van der Waals surface area contributed by atoms with E-state index in [4.69, 9.17) is 10.7 Å². The lowest BCUT2D eigenvalue weighted by Gasteiger charge is -2.35. The Morgan fingerprint density at radius 2 is 1.68 bits per heavy atom. The standard InChI is InChI=1S/C28H30N6O2S2/c1-32-24-23(25(35)34(27(32)36)17-22-30-20-12-6-7-13-21(20)37-22)33(16-19-10-4-2-5-11-19)26(31-24)38-28(18-29)14-8-3-9-15-28/h2,4-7,10-13H,3,8-9,14-18,29H2,1H3.